The summed E-state index contributed by atoms with van der Waals surface area (Å²) in [6.07, 6.45) is 4.93. The van der Waals surface area contributed by atoms with E-state index in [9.17, 15) is 0 Å². The smallest absolute Gasteiger partial charge is 0.0726 e. The van der Waals surface area contributed by atoms with Crippen LogP contribution in [0.3, 0.4) is 0 Å². The summed E-state index contributed by atoms with van der Waals surface area (Å²) >= 11 is 0. The van der Waals surface area contributed by atoms with Gasteiger partial charge in [0.25, 0.3) is 0 Å². The van der Waals surface area contributed by atoms with Crippen LogP contribution in [-0.2, 0) is 6.54 Å². The zero-order valence-electron chi connectivity index (χ0n) is 7.45. The summed E-state index contributed by atoms with van der Waals surface area (Å²) in [6.45, 7) is 4.57. The van der Waals surface area contributed by atoms with E-state index in [4.69, 9.17) is 5.73 Å². The summed E-state index contributed by atoms with van der Waals surface area (Å²) in [7, 11) is 0. The molecule has 0 aliphatic rings. The van der Waals surface area contributed by atoms with E-state index in [1.807, 2.05) is 17.1 Å². The van der Waals surface area contributed by atoms with Crippen LogP contribution in [0.15, 0.2) is 12.4 Å². The molecule has 3 N–H and O–H groups in total. The van der Waals surface area contributed by atoms with Crippen LogP contribution >= 0.6 is 0 Å². The Balaban J connectivity index is 2.41. The first-order valence-corrected chi connectivity index (χ1v) is 4.33. The van der Waals surface area contributed by atoms with Crippen LogP contribution in [-0.4, -0.2) is 22.9 Å². The van der Waals surface area contributed by atoms with Crippen LogP contribution < -0.4 is 11.1 Å². The van der Waals surface area contributed by atoms with Crippen molar-refractivity contribution >= 4 is 5.69 Å². The molecule has 0 amide bonds. The molecule has 0 unspecified atom stereocenters. The van der Waals surface area contributed by atoms with E-state index in [0.717, 1.165) is 25.2 Å². The van der Waals surface area contributed by atoms with Gasteiger partial charge in [-0.2, -0.15) is 5.10 Å². The number of nitrogens with one attached hydrogen (secondary N) is 1. The summed E-state index contributed by atoms with van der Waals surface area (Å²) in [6, 6.07) is 0. The van der Waals surface area contributed by atoms with Crippen molar-refractivity contribution in [1.29, 1.82) is 0 Å². The number of nitrogens with two attached hydrogens (primary N) is 1. The predicted molar refractivity (Wildman–Crippen MR) is 50.1 cm³/mol. The van der Waals surface area contributed by atoms with Gasteiger partial charge < -0.3 is 11.1 Å². The quantitative estimate of drug-likeness (QED) is 0.679. The molecule has 0 radical (unpaired) electrons. The third-order valence-electron chi connectivity index (χ3n) is 1.56. The lowest BCUT2D eigenvalue weighted by Gasteiger charge is -1.98. The minimum absolute atomic E-state index is 0.652. The van der Waals surface area contributed by atoms with Gasteiger partial charge in [0.1, 0.15) is 0 Å². The van der Waals surface area contributed by atoms with Crippen molar-refractivity contribution in [2.75, 3.05) is 18.4 Å². The molecule has 0 fully saturated rings. The van der Waals surface area contributed by atoms with Gasteiger partial charge in [0.15, 0.2) is 0 Å². The van der Waals surface area contributed by atoms with Gasteiger partial charge in [0, 0.05) is 25.8 Å². The van der Waals surface area contributed by atoms with Crippen LogP contribution in [0.4, 0.5) is 5.69 Å². The van der Waals surface area contributed by atoms with Crippen molar-refractivity contribution in [3.8, 4) is 0 Å². The number of rotatable bonds is 5. The van der Waals surface area contributed by atoms with Gasteiger partial charge >= 0.3 is 0 Å². The SMILES string of the molecule is CCCn1cc(NCCN)cn1. The van der Waals surface area contributed by atoms with Crippen LogP contribution in [0.25, 0.3) is 0 Å². The summed E-state index contributed by atoms with van der Waals surface area (Å²) in [5.74, 6) is 0. The Kier molecular flexibility index (Phi) is 3.60. The molecule has 0 aliphatic carbocycles. The molecule has 1 aromatic heterocycles. The highest BCUT2D eigenvalue weighted by molar-refractivity contribution is 5.37. The van der Waals surface area contributed by atoms with Gasteiger partial charge in [0.2, 0.25) is 0 Å². The van der Waals surface area contributed by atoms with Crippen LogP contribution in [0, 0.1) is 0 Å². The fraction of sp³-hybridized carbons (Fsp3) is 0.625. The zero-order valence-corrected chi connectivity index (χ0v) is 7.45. The Morgan fingerprint density at radius 1 is 1.67 bits per heavy atom. The molecule has 0 saturated carbocycles. The highest BCUT2D eigenvalue weighted by atomic mass is 15.3. The highest BCUT2D eigenvalue weighted by Gasteiger charge is 1.94. The highest BCUT2D eigenvalue weighted by Crippen LogP contribution is 2.03. The van der Waals surface area contributed by atoms with Crippen LogP contribution in [0.5, 0.6) is 0 Å². The monoisotopic (exact) mass is 168 g/mol. The average molecular weight is 168 g/mol. The molecular weight excluding hydrogens is 152 g/mol. The van der Waals surface area contributed by atoms with Gasteiger partial charge in [-0.3, -0.25) is 4.68 Å². The molecule has 0 atom stereocenters. The first-order chi connectivity index (χ1) is 5.86. The van der Waals surface area contributed by atoms with E-state index in [1.54, 1.807) is 0 Å². The molecule has 12 heavy (non-hydrogen) atoms. The molecule has 1 heterocycles. The topological polar surface area (TPSA) is 55.9 Å². The molecule has 0 saturated heterocycles. The lowest BCUT2D eigenvalue weighted by molar-refractivity contribution is 0.603. The molecule has 4 heteroatoms. The maximum absolute atomic E-state index is 5.35. The molecular formula is C8H16N4. The number of aromatic nitrogens is 2. The summed E-state index contributed by atoms with van der Waals surface area (Å²) < 4.78 is 1.93. The van der Waals surface area contributed by atoms with Crippen molar-refractivity contribution in [2.24, 2.45) is 5.73 Å². The summed E-state index contributed by atoms with van der Waals surface area (Å²) in [5.41, 5.74) is 6.40. The van der Waals surface area contributed by atoms with Crippen molar-refractivity contribution in [1.82, 2.24) is 9.78 Å². The maximum atomic E-state index is 5.35. The van der Waals surface area contributed by atoms with Crippen molar-refractivity contribution in [2.45, 2.75) is 19.9 Å². The van der Waals surface area contributed by atoms with Crippen molar-refractivity contribution in [3.63, 3.8) is 0 Å². The Hall–Kier alpha value is -1.03. The maximum Gasteiger partial charge on any atom is 0.0726 e. The number of aryl methyl sites for hydroxylation is 1. The van der Waals surface area contributed by atoms with Gasteiger partial charge in [-0.1, -0.05) is 6.92 Å². The molecule has 1 aromatic rings. The second-order valence-electron chi connectivity index (χ2n) is 2.71. The molecule has 68 valence electrons. The van der Waals surface area contributed by atoms with Gasteiger partial charge in [0.05, 0.1) is 11.9 Å². The van der Waals surface area contributed by atoms with Crippen LogP contribution in [0.2, 0.25) is 0 Å². The van der Waals surface area contributed by atoms with Gasteiger partial charge in [-0.05, 0) is 6.42 Å². The number of nitrogens with zero attached hydrogens (tertiary/aromatic N) is 2. The lowest BCUT2D eigenvalue weighted by Crippen LogP contribution is -2.12. The first-order valence-electron chi connectivity index (χ1n) is 4.33. The molecule has 4 nitrogen and oxygen atoms in total. The molecule has 0 bridgehead atoms. The number of hydrogen-bond acceptors (Lipinski definition) is 3. The fourth-order valence-corrected chi connectivity index (χ4v) is 1.02. The largest absolute Gasteiger partial charge is 0.381 e. The van der Waals surface area contributed by atoms with E-state index in [2.05, 4.69) is 17.3 Å². The van der Waals surface area contributed by atoms with E-state index >= 15 is 0 Å². The van der Waals surface area contributed by atoms with Gasteiger partial charge in [-0.15, -0.1) is 0 Å². The predicted octanol–water partition coefficient (Wildman–Crippen LogP) is 0.664. The van der Waals surface area contributed by atoms with Crippen molar-refractivity contribution < 1.29 is 0 Å². The Morgan fingerprint density at radius 2 is 2.50 bits per heavy atom. The Morgan fingerprint density at radius 3 is 3.17 bits per heavy atom. The molecule has 0 aromatic carbocycles. The van der Waals surface area contributed by atoms with Gasteiger partial charge in [-0.25, -0.2) is 0 Å². The van der Waals surface area contributed by atoms with Crippen LogP contribution in [0.1, 0.15) is 13.3 Å². The summed E-state index contributed by atoms with van der Waals surface area (Å²) in [5, 5.41) is 7.34. The minimum atomic E-state index is 0.652. The van der Waals surface area contributed by atoms with E-state index < -0.39 is 0 Å². The molecule has 0 spiro atoms. The Labute approximate surface area is 72.8 Å². The zero-order chi connectivity index (χ0) is 8.81. The second-order valence-corrected chi connectivity index (χ2v) is 2.71. The third-order valence-corrected chi connectivity index (χ3v) is 1.56. The first kappa shape index (κ1) is 9.06. The molecule has 1 rings (SSSR count). The average Bonchev–Trinajstić information content (AvgIpc) is 2.50. The minimum Gasteiger partial charge on any atom is -0.381 e. The van der Waals surface area contributed by atoms with E-state index in [1.165, 1.54) is 0 Å². The lowest BCUT2D eigenvalue weighted by atomic mass is 10.5. The van der Waals surface area contributed by atoms with Crippen molar-refractivity contribution in [3.05, 3.63) is 12.4 Å². The fourth-order valence-electron chi connectivity index (χ4n) is 1.02. The number of hydrogen-bond donors (Lipinski definition) is 2. The summed E-state index contributed by atoms with van der Waals surface area (Å²) in [4.78, 5) is 0. The number of anilines is 1. The van der Waals surface area contributed by atoms with E-state index in [0.29, 0.717) is 6.54 Å². The second kappa shape index (κ2) is 4.77. The molecule has 0 aliphatic heterocycles. The Bertz CT molecular complexity index is 219. The normalized spacial score (nSPS) is 10.2. The third kappa shape index (κ3) is 2.54. The van der Waals surface area contributed by atoms with E-state index in [-0.39, 0.29) is 0 Å². The standard InChI is InChI=1S/C8H16N4/c1-2-5-12-7-8(6-11-12)10-4-3-9/h6-7,10H,2-5,9H2,1H3.